The summed E-state index contributed by atoms with van der Waals surface area (Å²) < 4.78 is 9.53. The molecule has 5 heteroatoms. The van der Waals surface area contributed by atoms with Gasteiger partial charge in [-0.2, -0.15) is 0 Å². The maximum absolute atomic E-state index is 12.2. The van der Waals surface area contributed by atoms with Crippen molar-refractivity contribution in [3.8, 4) is 0 Å². The number of Topliss-reactive ketones (excluding diaryl/α,β-unsaturated/α-hetero) is 1. The lowest BCUT2D eigenvalue weighted by atomic mass is 9.72. The van der Waals surface area contributed by atoms with Crippen LogP contribution in [0.4, 0.5) is 0 Å². The van der Waals surface area contributed by atoms with Gasteiger partial charge in [0.15, 0.2) is 11.2 Å². The molecule has 0 saturated heterocycles. The molecule has 0 bridgehead atoms. The zero-order valence-electron chi connectivity index (χ0n) is 13.1. The molecule has 0 spiro atoms. The Morgan fingerprint density at radius 3 is 2.29 bits per heavy atom. The van der Waals surface area contributed by atoms with E-state index in [4.69, 9.17) is 9.47 Å². The van der Waals surface area contributed by atoms with Gasteiger partial charge in [-0.25, -0.2) is 0 Å². The van der Waals surface area contributed by atoms with E-state index in [1.165, 1.54) is 14.2 Å². The zero-order valence-corrected chi connectivity index (χ0v) is 13.1. The van der Waals surface area contributed by atoms with E-state index in [1.807, 2.05) is 6.08 Å². The van der Waals surface area contributed by atoms with E-state index in [0.29, 0.717) is 24.8 Å². The van der Waals surface area contributed by atoms with Gasteiger partial charge >= 0.3 is 11.9 Å². The van der Waals surface area contributed by atoms with Crippen molar-refractivity contribution < 1.29 is 23.9 Å². The second kappa shape index (κ2) is 7.96. The fourth-order valence-electron chi connectivity index (χ4n) is 2.71. The summed E-state index contributed by atoms with van der Waals surface area (Å²) >= 11 is 0. The molecule has 0 aromatic rings. The number of carbonyl (C=O) groups is 3. The van der Waals surface area contributed by atoms with Crippen molar-refractivity contribution in [1.82, 2.24) is 0 Å². The van der Waals surface area contributed by atoms with Gasteiger partial charge in [-0.3, -0.25) is 14.4 Å². The van der Waals surface area contributed by atoms with Crippen LogP contribution in [0, 0.1) is 5.41 Å². The quantitative estimate of drug-likeness (QED) is 0.410. The Bertz CT molecular complexity index is 420. The summed E-state index contributed by atoms with van der Waals surface area (Å²) in [6.45, 7) is 2.07. The number of ether oxygens (including phenoxy) is 2. The first-order valence-electron chi connectivity index (χ1n) is 7.41. The number of rotatable bonds is 7. The van der Waals surface area contributed by atoms with Crippen LogP contribution in [-0.4, -0.2) is 31.9 Å². The molecule has 118 valence electrons. The minimum Gasteiger partial charge on any atom is -0.468 e. The van der Waals surface area contributed by atoms with E-state index in [-0.39, 0.29) is 12.2 Å². The van der Waals surface area contributed by atoms with Gasteiger partial charge in [0.2, 0.25) is 0 Å². The topological polar surface area (TPSA) is 69.7 Å². The monoisotopic (exact) mass is 296 g/mol. The van der Waals surface area contributed by atoms with Gasteiger partial charge in [-0.15, -0.1) is 0 Å². The number of ketones is 1. The van der Waals surface area contributed by atoms with Crippen LogP contribution in [0.2, 0.25) is 0 Å². The molecule has 0 heterocycles. The van der Waals surface area contributed by atoms with Crippen molar-refractivity contribution in [3.63, 3.8) is 0 Å². The lowest BCUT2D eigenvalue weighted by Crippen LogP contribution is -2.43. The third-order valence-corrected chi connectivity index (χ3v) is 3.97. The molecule has 1 aliphatic rings. The number of allylic oxidation sites excluding steroid dienone is 2. The van der Waals surface area contributed by atoms with Gasteiger partial charge in [-0.1, -0.05) is 25.8 Å². The first-order valence-corrected chi connectivity index (χ1v) is 7.41. The number of methoxy groups -OCH3 is 2. The summed E-state index contributed by atoms with van der Waals surface area (Å²) in [5.74, 6) is -1.23. The summed E-state index contributed by atoms with van der Waals surface area (Å²) in [5, 5.41) is 0. The Labute approximate surface area is 125 Å². The molecule has 21 heavy (non-hydrogen) atoms. The molecule has 0 aromatic carbocycles. The molecule has 0 unspecified atom stereocenters. The van der Waals surface area contributed by atoms with Crippen LogP contribution in [0.15, 0.2) is 11.6 Å². The Morgan fingerprint density at radius 2 is 1.76 bits per heavy atom. The van der Waals surface area contributed by atoms with Crippen LogP contribution >= 0.6 is 0 Å². The van der Waals surface area contributed by atoms with Gasteiger partial charge in [0.25, 0.3) is 0 Å². The minimum atomic E-state index is -1.37. The molecule has 1 rings (SSSR count). The molecule has 0 saturated carbocycles. The Balaban J connectivity index is 2.87. The summed E-state index contributed by atoms with van der Waals surface area (Å²) in [4.78, 5) is 36.3. The summed E-state index contributed by atoms with van der Waals surface area (Å²) in [6, 6.07) is 0. The highest BCUT2D eigenvalue weighted by molar-refractivity contribution is 6.04. The molecule has 1 aliphatic carbocycles. The lowest BCUT2D eigenvalue weighted by Gasteiger charge is -2.31. The third-order valence-electron chi connectivity index (χ3n) is 3.97. The highest BCUT2D eigenvalue weighted by Gasteiger charge is 2.50. The average Bonchev–Trinajstić information content (AvgIpc) is 2.53. The van der Waals surface area contributed by atoms with Crippen LogP contribution in [0.1, 0.15) is 51.9 Å². The Kier molecular flexibility index (Phi) is 6.59. The fraction of sp³-hybridized carbons (Fsp3) is 0.688. The van der Waals surface area contributed by atoms with Crippen molar-refractivity contribution in [2.45, 2.75) is 51.9 Å². The number of esters is 2. The van der Waals surface area contributed by atoms with Crippen molar-refractivity contribution in [2.24, 2.45) is 5.41 Å². The highest BCUT2D eigenvalue weighted by atomic mass is 16.5. The van der Waals surface area contributed by atoms with E-state index in [1.54, 1.807) is 0 Å². The zero-order chi connectivity index (χ0) is 15.9. The average molecular weight is 296 g/mol. The van der Waals surface area contributed by atoms with Gasteiger partial charge < -0.3 is 9.47 Å². The minimum absolute atomic E-state index is 0.0142. The number of unbranched alkanes of at least 4 members (excludes halogenated alkanes) is 2. The molecular weight excluding hydrogens is 272 g/mol. The maximum Gasteiger partial charge on any atom is 0.323 e. The molecule has 0 fully saturated rings. The van der Waals surface area contributed by atoms with Crippen molar-refractivity contribution in [2.75, 3.05) is 14.2 Å². The summed E-state index contributed by atoms with van der Waals surface area (Å²) in [5.41, 5.74) is -0.818. The molecular formula is C16H24O5. The van der Waals surface area contributed by atoms with E-state index in [2.05, 4.69) is 6.92 Å². The number of hydrogen-bond acceptors (Lipinski definition) is 5. The van der Waals surface area contributed by atoms with Crippen molar-refractivity contribution >= 4 is 17.7 Å². The first kappa shape index (κ1) is 17.4. The second-order valence-corrected chi connectivity index (χ2v) is 5.39. The third kappa shape index (κ3) is 3.93. The lowest BCUT2D eigenvalue weighted by molar-refractivity contribution is -0.170. The standard InChI is InChI=1S/C16H24O5/c1-4-5-6-9-13(17)12-8-7-10-16(11-12,14(18)20-2)15(19)21-3/h8H,4-7,9-11H2,1-3H3. The van der Waals surface area contributed by atoms with Crippen LogP contribution in [0.25, 0.3) is 0 Å². The van der Waals surface area contributed by atoms with Crippen LogP contribution < -0.4 is 0 Å². The van der Waals surface area contributed by atoms with E-state index >= 15 is 0 Å². The highest BCUT2D eigenvalue weighted by Crippen LogP contribution is 2.39. The van der Waals surface area contributed by atoms with E-state index in [9.17, 15) is 14.4 Å². The fourth-order valence-corrected chi connectivity index (χ4v) is 2.71. The van der Waals surface area contributed by atoms with Crippen molar-refractivity contribution in [3.05, 3.63) is 11.6 Å². The van der Waals surface area contributed by atoms with E-state index in [0.717, 1.165) is 19.3 Å². The molecule has 5 nitrogen and oxygen atoms in total. The Morgan fingerprint density at radius 1 is 1.14 bits per heavy atom. The molecule has 0 aliphatic heterocycles. The second-order valence-electron chi connectivity index (χ2n) is 5.39. The first-order chi connectivity index (χ1) is 10.0. The van der Waals surface area contributed by atoms with Crippen molar-refractivity contribution in [1.29, 1.82) is 0 Å². The molecule has 0 aromatic heterocycles. The normalized spacial score (nSPS) is 16.8. The summed E-state index contributed by atoms with van der Waals surface area (Å²) in [7, 11) is 2.49. The molecule has 0 atom stereocenters. The van der Waals surface area contributed by atoms with Gasteiger partial charge in [0.1, 0.15) is 0 Å². The maximum atomic E-state index is 12.2. The largest absolute Gasteiger partial charge is 0.468 e. The molecule has 0 N–H and O–H groups in total. The van der Waals surface area contributed by atoms with Crippen LogP contribution in [0.3, 0.4) is 0 Å². The van der Waals surface area contributed by atoms with Gasteiger partial charge in [0.05, 0.1) is 14.2 Å². The van der Waals surface area contributed by atoms with Gasteiger partial charge in [0, 0.05) is 12.8 Å². The van der Waals surface area contributed by atoms with Gasteiger partial charge in [-0.05, 0) is 24.8 Å². The van der Waals surface area contributed by atoms with Crippen LogP contribution in [-0.2, 0) is 23.9 Å². The SMILES string of the molecule is CCCCCC(=O)C1=CCCC(C(=O)OC)(C(=O)OC)C1. The van der Waals surface area contributed by atoms with E-state index < -0.39 is 17.4 Å². The smallest absolute Gasteiger partial charge is 0.323 e. The number of carbonyl (C=O) groups excluding carboxylic acids is 3. The molecule has 0 amide bonds. The molecule has 0 radical (unpaired) electrons. The van der Waals surface area contributed by atoms with Crippen LogP contribution in [0.5, 0.6) is 0 Å². The number of hydrogen-bond donors (Lipinski definition) is 0. The summed E-state index contributed by atoms with van der Waals surface area (Å²) in [6.07, 6.45) is 6.06. The Hall–Kier alpha value is -1.65. The predicted octanol–water partition coefficient (Wildman–Crippen LogP) is 2.58. The predicted molar refractivity (Wildman–Crippen MR) is 77.5 cm³/mol.